The standard InChI is InChI=1S/C16H17NO5/c1-2-21-10-5-3-9(4-6-10)17-15(18)13-11-7-8-12(22-11)14(13)16(19)20/h3-8,11-14H,2H2,1H3,(H,17,18)(H,19,20)/t11-,12+,13+,14+/m1/s1. The molecule has 2 aliphatic rings. The summed E-state index contributed by atoms with van der Waals surface area (Å²) >= 11 is 0. The van der Waals surface area contributed by atoms with Crippen LogP contribution in [0, 0.1) is 11.8 Å². The highest BCUT2D eigenvalue weighted by Gasteiger charge is 2.53. The zero-order valence-corrected chi connectivity index (χ0v) is 12.1. The molecule has 2 N–H and O–H groups in total. The number of carbonyl (C=O) groups is 2. The molecule has 6 heteroatoms. The molecule has 4 atom stereocenters. The lowest BCUT2D eigenvalue weighted by atomic mass is 9.82. The van der Waals surface area contributed by atoms with Gasteiger partial charge in [-0.2, -0.15) is 0 Å². The smallest absolute Gasteiger partial charge is 0.310 e. The molecule has 1 aromatic rings. The van der Waals surface area contributed by atoms with Crippen LogP contribution in [0.4, 0.5) is 5.69 Å². The second kappa shape index (κ2) is 5.81. The van der Waals surface area contributed by atoms with Gasteiger partial charge >= 0.3 is 5.97 Å². The van der Waals surface area contributed by atoms with E-state index in [1.165, 1.54) is 0 Å². The Kier molecular flexibility index (Phi) is 3.85. The van der Waals surface area contributed by atoms with E-state index in [1.54, 1.807) is 36.4 Å². The third kappa shape index (κ3) is 2.57. The van der Waals surface area contributed by atoms with E-state index in [0.29, 0.717) is 12.3 Å². The van der Waals surface area contributed by atoms with Crippen molar-refractivity contribution in [3.8, 4) is 5.75 Å². The number of carboxylic acid groups (broad SMARTS) is 1. The van der Waals surface area contributed by atoms with Crippen molar-refractivity contribution in [3.63, 3.8) is 0 Å². The van der Waals surface area contributed by atoms with Crippen LogP contribution < -0.4 is 10.1 Å². The molecule has 1 fully saturated rings. The highest BCUT2D eigenvalue weighted by Crippen LogP contribution is 2.39. The minimum atomic E-state index is -1.01. The van der Waals surface area contributed by atoms with Crippen LogP contribution >= 0.6 is 0 Å². The second-order valence-corrected chi connectivity index (χ2v) is 5.29. The predicted octanol–water partition coefficient (Wildman–Crippen LogP) is 1.68. The number of ether oxygens (including phenoxy) is 2. The zero-order chi connectivity index (χ0) is 15.7. The topological polar surface area (TPSA) is 84.9 Å². The maximum atomic E-state index is 12.4. The number of aliphatic carboxylic acids is 1. The lowest BCUT2D eigenvalue weighted by Crippen LogP contribution is -2.39. The van der Waals surface area contributed by atoms with Crippen molar-refractivity contribution < 1.29 is 24.2 Å². The van der Waals surface area contributed by atoms with Crippen molar-refractivity contribution in [1.29, 1.82) is 0 Å². The molecule has 0 radical (unpaired) electrons. The molecule has 0 unspecified atom stereocenters. The third-order valence-electron chi connectivity index (χ3n) is 3.92. The number of hydrogen-bond donors (Lipinski definition) is 2. The number of carbonyl (C=O) groups excluding carboxylic acids is 1. The van der Waals surface area contributed by atoms with Crippen LogP contribution in [-0.2, 0) is 14.3 Å². The summed E-state index contributed by atoms with van der Waals surface area (Å²) in [7, 11) is 0. The van der Waals surface area contributed by atoms with Crippen LogP contribution in [0.2, 0.25) is 0 Å². The largest absolute Gasteiger partial charge is 0.494 e. The molecule has 0 saturated carbocycles. The van der Waals surface area contributed by atoms with Gasteiger partial charge in [-0.05, 0) is 31.2 Å². The summed E-state index contributed by atoms with van der Waals surface area (Å²) < 4.78 is 10.8. The van der Waals surface area contributed by atoms with Crippen LogP contribution in [0.15, 0.2) is 36.4 Å². The van der Waals surface area contributed by atoms with Crippen molar-refractivity contribution in [2.24, 2.45) is 11.8 Å². The molecule has 2 bridgehead atoms. The summed E-state index contributed by atoms with van der Waals surface area (Å²) in [6.07, 6.45) is 2.49. The minimum absolute atomic E-state index is 0.339. The molecule has 6 nitrogen and oxygen atoms in total. The highest BCUT2D eigenvalue weighted by atomic mass is 16.5. The first-order valence-electron chi connectivity index (χ1n) is 7.20. The van der Waals surface area contributed by atoms with Gasteiger partial charge in [0.1, 0.15) is 11.7 Å². The van der Waals surface area contributed by atoms with E-state index < -0.39 is 30.0 Å². The summed E-state index contributed by atoms with van der Waals surface area (Å²) in [5, 5.41) is 12.1. The van der Waals surface area contributed by atoms with Crippen molar-refractivity contribution in [2.75, 3.05) is 11.9 Å². The average molecular weight is 303 g/mol. The van der Waals surface area contributed by atoms with Gasteiger partial charge in [0.25, 0.3) is 0 Å². The van der Waals surface area contributed by atoms with Gasteiger partial charge in [-0.1, -0.05) is 12.2 Å². The second-order valence-electron chi connectivity index (χ2n) is 5.29. The summed E-state index contributed by atoms with van der Waals surface area (Å²) in [6, 6.07) is 6.96. The fourth-order valence-corrected chi connectivity index (χ4v) is 2.94. The normalized spacial score (nSPS) is 28.6. The fourth-order valence-electron chi connectivity index (χ4n) is 2.94. The number of fused-ring (bicyclic) bond motifs is 2. The van der Waals surface area contributed by atoms with E-state index in [9.17, 15) is 14.7 Å². The monoisotopic (exact) mass is 303 g/mol. The maximum Gasteiger partial charge on any atom is 0.310 e. The van der Waals surface area contributed by atoms with Gasteiger partial charge in [0, 0.05) is 5.69 Å². The molecule has 0 spiro atoms. The maximum absolute atomic E-state index is 12.4. The Labute approximate surface area is 127 Å². The SMILES string of the molecule is CCOc1ccc(NC(=O)[C@@H]2[C@@H](C(=O)O)[C@@H]3C=C[C@H]2O3)cc1. The van der Waals surface area contributed by atoms with E-state index >= 15 is 0 Å². The lowest BCUT2D eigenvalue weighted by molar-refractivity contribution is -0.145. The minimum Gasteiger partial charge on any atom is -0.494 e. The van der Waals surface area contributed by atoms with E-state index in [0.717, 1.165) is 5.75 Å². The molecule has 1 aromatic carbocycles. The van der Waals surface area contributed by atoms with Crippen molar-refractivity contribution >= 4 is 17.6 Å². The van der Waals surface area contributed by atoms with Crippen LogP contribution in [0.5, 0.6) is 5.75 Å². The Balaban J connectivity index is 1.71. The molecule has 3 rings (SSSR count). The van der Waals surface area contributed by atoms with Gasteiger partial charge in [0.05, 0.1) is 24.7 Å². The van der Waals surface area contributed by atoms with E-state index in [1.807, 2.05) is 6.92 Å². The first-order chi connectivity index (χ1) is 10.6. The van der Waals surface area contributed by atoms with E-state index in [-0.39, 0.29) is 5.91 Å². The Hall–Kier alpha value is -2.34. The number of nitrogens with one attached hydrogen (secondary N) is 1. The molecular formula is C16H17NO5. The Morgan fingerprint density at radius 3 is 2.41 bits per heavy atom. The van der Waals surface area contributed by atoms with Gasteiger partial charge < -0.3 is 19.9 Å². The van der Waals surface area contributed by atoms with Crippen LogP contribution in [0.25, 0.3) is 0 Å². The van der Waals surface area contributed by atoms with Gasteiger partial charge in [0.15, 0.2) is 0 Å². The Morgan fingerprint density at radius 1 is 1.18 bits per heavy atom. The zero-order valence-electron chi connectivity index (χ0n) is 12.1. The fraction of sp³-hybridized carbons (Fsp3) is 0.375. The molecule has 1 saturated heterocycles. The summed E-state index contributed by atoms with van der Waals surface area (Å²) in [6.45, 7) is 2.46. The van der Waals surface area contributed by atoms with Crippen molar-refractivity contribution in [1.82, 2.24) is 0 Å². The lowest BCUT2D eigenvalue weighted by Gasteiger charge is -2.21. The van der Waals surface area contributed by atoms with Crippen LogP contribution in [0.1, 0.15) is 6.92 Å². The third-order valence-corrected chi connectivity index (χ3v) is 3.92. The molecule has 22 heavy (non-hydrogen) atoms. The van der Waals surface area contributed by atoms with Crippen molar-refractivity contribution in [2.45, 2.75) is 19.1 Å². The number of rotatable bonds is 5. The van der Waals surface area contributed by atoms with Gasteiger partial charge in [-0.3, -0.25) is 9.59 Å². The van der Waals surface area contributed by atoms with Crippen LogP contribution in [-0.4, -0.2) is 35.8 Å². The van der Waals surface area contributed by atoms with Gasteiger partial charge in [-0.15, -0.1) is 0 Å². The van der Waals surface area contributed by atoms with E-state index in [2.05, 4.69) is 5.32 Å². The first kappa shape index (κ1) is 14.6. The molecular weight excluding hydrogens is 286 g/mol. The average Bonchev–Trinajstić information content (AvgIpc) is 3.10. The number of amides is 1. The van der Waals surface area contributed by atoms with Gasteiger partial charge in [0.2, 0.25) is 5.91 Å². The molecule has 1 amide bonds. The molecule has 0 aromatic heterocycles. The highest BCUT2D eigenvalue weighted by molar-refractivity contribution is 5.96. The number of hydrogen-bond acceptors (Lipinski definition) is 4. The molecule has 2 heterocycles. The van der Waals surface area contributed by atoms with E-state index in [4.69, 9.17) is 9.47 Å². The Morgan fingerprint density at radius 2 is 1.82 bits per heavy atom. The Bertz CT molecular complexity index is 609. The first-order valence-corrected chi connectivity index (χ1v) is 7.20. The summed E-state index contributed by atoms with van der Waals surface area (Å²) in [5.74, 6) is -2.18. The number of anilines is 1. The molecule has 0 aliphatic carbocycles. The summed E-state index contributed by atoms with van der Waals surface area (Å²) in [5.41, 5.74) is 0.601. The van der Waals surface area contributed by atoms with Crippen LogP contribution in [0.3, 0.4) is 0 Å². The molecule has 2 aliphatic heterocycles. The predicted molar refractivity (Wildman–Crippen MR) is 78.7 cm³/mol. The number of benzene rings is 1. The van der Waals surface area contributed by atoms with Gasteiger partial charge in [-0.25, -0.2) is 0 Å². The quantitative estimate of drug-likeness (QED) is 0.808. The number of carboxylic acids is 1. The molecule has 116 valence electrons. The summed E-state index contributed by atoms with van der Waals surface area (Å²) in [4.78, 5) is 23.8. The van der Waals surface area contributed by atoms with Crippen molar-refractivity contribution in [3.05, 3.63) is 36.4 Å².